The summed E-state index contributed by atoms with van der Waals surface area (Å²) in [5.41, 5.74) is 0. The van der Waals surface area contributed by atoms with Gasteiger partial charge in [0, 0.05) is 14.9 Å². The molecule has 0 spiro atoms. The molecule has 2 nitrogen and oxygen atoms in total. The molecule has 0 unspecified atom stereocenters. The van der Waals surface area contributed by atoms with Crippen molar-refractivity contribution in [3.8, 4) is 0 Å². The van der Waals surface area contributed by atoms with Gasteiger partial charge in [0.2, 0.25) is 5.91 Å². The fourth-order valence-electron chi connectivity index (χ4n) is 0.545. The third-order valence-electron chi connectivity index (χ3n) is 1.23. The maximum atomic E-state index is 10.6. The average molecular weight is 131 g/mol. The molecule has 0 fully saturated rings. The third-order valence-corrected chi connectivity index (χ3v) is 1.23. The van der Waals surface area contributed by atoms with E-state index in [-0.39, 0.29) is 7.33 Å². The highest BCUT2D eigenvalue weighted by Gasteiger charge is 1.98. The Bertz CT molecular complexity index is 93.6. The highest BCUT2D eigenvalue weighted by Crippen LogP contribution is 2.01. The van der Waals surface area contributed by atoms with E-state index < -0.39 is 0 Å². The lowest BCUT2D eigenvalue weighted by Gasteiger charge is -2.01. The summed E-state index contributed by atoms with van der Waals surface area (Å²) in [6.45, 7) is 4.23. The molecule has 9 heavy (non-hydrogen) atoms. The summed E-state index contributed by atoms with van der Waals surface area (Å²) < 4.78 is 0. The normalized spacial score (nSPS) is 9.78. The Hall–Kier alpha value is -0.530. The van der Waals surface area contributed by atoms with Crippen LogP contribution in [0.1, 0.15) is 28.1 Å². The lowest BCUT2D eigenvalue weighted by molar-refractivity contribution is -0.120. The van der Waals surface area contributed by atoms with Crippen molar-refractivity contribution in [2.24, 2.45) is 5.92 Å². The Morgan fingerprint density at radius 3 is 2.56 bits per heavy atom. The summed E-state index contributed by atoms with van der Waals surface area (Å²) in [5.74, 6) is 0.769. The predicted octanol–water partition coefficient (Wildman–Crippen LogP) is 1.41. The van der Waals surface area contributed by atoms with Crippen LogP contribution in [0.5, 0.6) is 0 Å². The van der Waals surface area contributed by atoms with Crippen LogP contribution in [0, 0.1) is 5.92 Å². The zero-order chi connectivity index (χ0) is 7.28. The largest absolute Gasteiger partial charge is 0.359 e. The lowest BCUT2D eigenvalue weighted by Crippen LogP contribution is -2.17. The molecule has 0 bridgehead atoms. The maximum absolute atomic E-state index is 10.6. The van der Waals surface area contributed by atoms with Gasteiger partial charge < -0.3 is 5.32 Å². The molecule has 0 aromatic carbocycles. The Morgan fingerprint density at radius 1 is 1.67 bits per heavy atom. The average Bonchev–Trinajstić information content (AvgIpc) is 1.83. The minimum absolute atomic E-state index is 0. The van der Waals surface area contributed by atoms with Crippen LogP contribution in [-0.4, -0.2) is 13.0 Å². The fraction of sp³-hybridized carbons (Fsp3) is 0.857. The zero-order valence-corrected chi connectivity index (χ0v) is 6.40. The monoisotopic (exact) mass is 131 g/mol. The molecule has 0 aliphatic carbocycles. The highest BCUT2D eigenvalue weighted by atomic mass is 16.1. The fourth-order valence-corrected chi connectivity index (χ4v) is 0.545. The quantitative estimate of drug-likeness (QED) is 0.616. The SMILES string of the molecule is CNC(=O)CCC(C)C.[HH]. The van der Waals surface area contributed by atoms with E-state index in [1.54, 1.807) is 7.05 Å². The molecule has 0 aromatic heterocycles. The van der Waals surface area contributed by atoms with E-state index in [1.165, 1.54) is 0 Å². The molecule has 0 aliphatic rings. The number of hydrogen-bond donors (Lipinski definition) is 1. The Kier molecular flexibility index (Phi) is 4.10. The molecule has 0 heterocycles. The van der Waals surface area contributed by atoms with E-state index in [2.05, 4.69) is 19.2 Å². The molecule has 56 valence electrons. The van der Waals surface area contributed by atoms with Crippen molar-refractivity contribution >= 4 is 5.91 Å². The van der Waals surface area contributed by atoms with Crippen molar-refractivity contribution in [3.05, 3.63) is 0 Å². The van der Waals surface area contributed by atoms with Gasteiger partial charge in [-0.2, -0.15) is 0 Å². The summed E-state index contributed by atoms with van der Waals surface area (Å²) in [6, 6.07) is 0. The second kappa shape index (κ2) is 4.36. The zero-order valence-electron chi connectivity index (χ0n) is 6.40. The Morgan fingerprint density at radius 2 is 2.22 bits per heavy atom. The van der Waals surface area contributed by atoms with Crippen LogP contribution in [0.3, 0.4) is 0 Å². The molecule has 0 radical (unpaired) electrons. The lowest BCUT2D eigenvalue weighted by atomic mass is 10.1. The highest BCUT2D eigenvalue weighted by molar-refractivity contribution is 5.75. The van der Waals surface area contributed by atoms with Gasteiger partial charge in [0.15, 0.2) is 0 Å². The van der Waals surface area contributed by atoms with Crippen molar-refractivity contribution in [3.63, 3.8) is 0 Å². The molecule has 0 rings (SSSR count). The van der Waals surface area contributed by atoms with E-state index in [4.69, 9.17) is 0 Å². The molecular formula is C7H17NO. The molecular weight excluding hydrogens is 114 g/mol. The van der Waals surface area contributed by atoms with Gasteiger partial charge in [0.1, 0.15) is 0 Å². The first kappa shape index (κ1) is 8.47. The topological polar surface area (TPSA) is 29.1 Å². The smallest absolute Gasteiger partial charge is 0.219 e. The molecule has 0 aliphatic heterocycles. The van der Waals surface area contributed by atoms with Gasteiger partial charge >= 0.3 is 0 Å². The summed E-state index contributed by atoms with van der Waals surface area (Å²) in [7, 11) is 1.67. The maximum Gasteiger partial charge on any atom is 0.219 e. The minimum Gasteiger partial charge on any atom is -0.359 e. The van der Waals surface area contributed by atoms with E-state index in [1.807, 2.05) is 0 Å². The van der Waals surface area contributed by atoms with E-state index in [0.717, 1.165) is 6.42 Å². The van der Waals surface area contributed by atoms with Crippen molar-refractivity contribution in [1.82, 2.24) is 5.32 Å². The number of carbonyl (C=O) groups is 1. The number of rotatable bonds is 3. The summed E-state index contributed by atoms with van der Waals surface area (Å²) in [5, 5.41) is 2.58. The van der Waals surface area contributed by atoms with Crippen LogP contribution in [-0.2, 0) is 4.79 Å². The molecule has 0 saturated heterocycles. The standard InChI is InChI=1S/C7H15NO.H2/c1-6(2)4-5-7(9)8-3;/h6H,4-5H2,1-3H3,(H,8,9);1H. The molecule has 0 atom stereocenters. The first-order chi connectivity index (χ1) is 4.16. The van der Waals surface area contributed by atoms with E-state index >= 15 is 0 Å². The van der Waals surface area contributed by atoms with Crippen LogP contribution in [0.15, 0.2) is 0 Å². The predicted molar refractivity (Wildman–Crippen MR) is 40.3 cm³/mol. The van der Waals surface area contributed by atoms with Crippen molar-refractivity contribution < 1.29 is 6.22 Å². The second-order valence-electron chi connectivity index (χ2n) is 2.61. The summed E-state index contributed by atoms with van der Waals surface area (Å²) in [4.78, 5) is 10.6. The molecule has 2 heteroatoms. The van der Waals surface area contributed by atoms with Gasteiger partial charge in [-0.25, -0.2) is 0 Å². The minimum atomic E-state index is 0. The Balaban J connectivity index is 0. The van der Waals surface area contributed by atoms with Crippen molar-refractivity contribution in [2.45, 2.75) is 26.7 Å². The van der Waals surface area contributed by atoms with E-state index in [0.29, 0.717) is 12.3 Å². The number of carbonyl (C=O) groups excluding carboxylic acids is 1. The van der Waals surface area contributed by atoms with Crippen LogP contribution in [0.4, 0.5) is 0 Å². The third kappa shape index (κ3) is 5.34. The van der Waals surface area contributed by atoms with Gasteiger partial charge in [0.25, 0.3) is 0 Å². The first-order valence-electron chi connectivity index (χ1n) is 3.37. The molecule has 1 N–H and O–H groups in total. The van der Waals surface area contributed by atoms with Gasteiger partial charge in [0.05, 0.1) is 0 Å². The van der Waals surface area contributed by atoms with Gasteiger partial charge in [-0.3, -0.25) is 4.79 Å². The summed E-state index contributed by atoms with van der Waals surface area (Å²) >= 11 is 0. The van der Waals surface area contributed by atoms with Crippen LogP contribution < -0.4 is 5.32 Å². The number of hydrogen-bond acceptors (Lipinski definition) is 1. The van der Waals surface area contributed by atoms with Crippen LogP contribution in [0.25, 0.3) is 0 Å². The van der Waals surface area contributed by atoms with Gasteiger partial charge in [-0.05, 0) is 12.3 Å². The number of amides is 1. The van der Waals surface area contributed by atoms with E-state index in [9.17, 15) is 4.79 Å². The van der Waals surface area contributed by atoms with Gasteiger partial charge in [-0.1, -0.05) is 13.8 Å². The second-order valence-corrected chi connectivity index (χ2v) is 2.61. The van der Waals surface area contributed by atoms with Crippen LogP contribution in [0.2, 0.25) is 0 Å². The Labute approximate surface area is 58.1 Å². The van der Waals surface area contributed by atoms with Crippen molar-refractivity contribution in [1.29, 1.82) is 0 Å². The first-order valence-corrected chi connectivity index (χ1v) is 3.37. The van der Waals surface area contributed by atoms with Crippen LogP contribution >= 0.6 is 0 Å². The summed E-state index contributed by atoms with van der Waals surface area (Å²) in [6.07, 6.45) is 1.65. The van der Waals surface area contributed by atoms with Gasteiger partial charge in [-0.15, -0.1) is 0 Å². The molecule has 0 aromatic rings. The molecule has 1 amide bonds. The van der Waals surface area contributed by atoms with Crippen molar-refractivity contribution in [2.75, 3.05) is 7.05 Å². The number of nitrogens with one attached hydrogen (secondary N) is 1. The molecule has 0 saturated carbocycles.